The minimum absolute atomic E-state index is 0.0478. The monoisotopic (exact) mass is 283 g/mol. The van der Waals surface area contributed by atoms with Crippen LogP contribution in [0.5, 0.6) is 0 Å². The smallest absolute Gasteiger partial charge is 0.192 e. The Labute approximate surface area is 127 Å². The number of aryl methyl sites for hydroxylation is 1. The van der Waals surface area contributed by atoms with E-state index in [0.29, 0.717) is 6.04 Å². The molecule has 2 N–H and O–H groups in total. The lowest BCUT2D eigenvalue weighted by molar-refractivity contribution is 0.136. The Morgan fingerprint density at radius 2 is 1.90 bits per heavy atom. The molecule has 2 aliphatic carbocycles. The van der Waals surface area contributed by atoms with E-state index in [1.54, 1.807) is 0 Å². The summed E-state index contributed by atoms with van der Waals surface area (Å²) in [6, 6.07) is 9.60. The van der Waals surface area contributed by atoms with Crippen molar-refractivity contribution in [3.05, 3.63) is 35.4 Å². The predicted octanol–water partition coefficient (Wildman–Crippen LogP) is 3.18. The molecule has 3 aliphatic rings. The molecule has 1 unspecified atom stereocenters. The van der Waals surface area contributed by atoms with Crippen LogP contribution in [0, 0.1) is 0 Å². The van der Waals surface area contributed by atoms with Crippen molar-refractivity contribution in [3.63, 3.8) is 0 Å². The number of benzene rings is 1. The van der Waals surface area contributed by atoms with Gasteiger partial charge in [0, 0.05) is 6.04 Å². The summed E-state index contributed by atoms with van der Waals surface area (Å²) in [4.78, 5) is 7.22. The molecule has 1 atom stereocenters. The molecule has 3 heteroatoms. The molecule has 4 rings (SSSR count). The Balaban J connectivity index is 1.81. The summed E-state index contributed by atoms with van der Waals surface area (Å²) >= 11 is 0. The van der Waals surface area contributed by atoms with Crippen molar-refractivity contribution in [2.45, 2.75) is 62.9 Å². The van der Waals surface area contributed by atoms with Crippen LogP contribution in [0.15, 0.2) is 29.3 Å². The standard InChI is InChI=1S/C18H25N3/c19-17-20-13-18(21(17)15-9-2-3-10-15)12-6-5-8-14-7-1-4-11-16(14)18/h1,4,7,11,15H,2-3,5-6,8-10,12-13H2,(H2,19,20). The summed E-state index contributed by atoms with van der Waals surface area (Å²) in [6.45, 7) is 0.854. The number of guanidine groups is 1. The minimum Gasteiger partial charge on any atom is -0.370 e. The van der Waals surface area contributed by atoms with E-state index in [9.17, 15) is 0 Å². The fourth-order valence-corrected chi connectivity index (χ4v) is 4.76. The second-order valence-corrected chi connectivity index (χ2v) is 6.88. The number of nitrogens with zero attached hydrogens (tertiary/aromatic N) is 2. The first-order chi connectivity index (χ1) is 10.3. The van der Waals surface area contributed by atoms with Crippen LogP contribution in [-0.2, 0) is 12.0 Å². The molecule has 1 spiro atoms. The Kier molecular flexibility index (Phi) is 3.16. The molecule has 0 amide bonds. The van der Waals surface area contributed by atoms with Gasteiger partial charge in [-0.2, -0.15) is 0 Å². The van der Waals surface area contributed by atoms with Crippen molar-refractivity contribution >= 4 is 5.96 Å². The molecule has 1 aliphatic heterocycles. The second-order valence-electron chi connectivity index (χ2n) is 6.88. The van der Waals surface area contributed by atoms with Gasteiger partial charge in [0.05, 0.1) is 12.1 Å². The number of nitrogens with two attached hydrogens (primary N) is 1. The molecule has 21 heavy (non-hydrogen) atoms. The minimum atomic E-state index is 0.0478. The van der Waals surface area contributed by atoms with Crippen LogP contribution in [-0.4, -0.2) is 23.4 Å². The van der Waals surface area contributed by atoms with Gasteiger partial charge in [0.25, 0.3) is 0 Å². The molecule has 0 saturated heterocycles. The van der Waals surface area contributed by atoms with Gasteiger partial charge in [0.15, 0.2) is 5.96 Å². The van der Waals surface area contributed by atoms with Gasteiger partial charge in [-0.1, -0.05) is 43.5 Å². The third-order valence-corrected chi connectivity index (χ3v) is 5.71. The van der Waals surface area contributed by atoms with E-state index >= 15 is 0 Å². The lowest BCUT2D eigenvalue weighted by atomic mass is 9.82. The van der Waals surface area contributed by atoms with Gasteiger partial charge in [-0.05, 0) is 43.2 Å². The molecule has 1 aromatic carbocycles. The van der Waals surface area contributed by atoms with Crippen molar-refractivity contribution in [1.82, 2.24) is 4.90 Å². The van der Waals surface area contributed by atoms with E-state index in [1.165, 1.54) is 62.5 Å². The molecule has 1 aromatic rings. The summed E-state index contributed by atoms with van der Waals surface area (Å²) in [7, 11) is 0. The van der Waals surface area contributed by atoms with Crippen molar-refractivity contribution in [3.8, 4) is 0 Å². The summed E-state index contributed by atoms with van der Waals surface area (Å²) in [5.74, 6) is 0.790. The van der Waals surface area contributed by atoms with Gasteiger partial charge in [-0.3, -0.25) is 4.99 Å². The highest BCUT2D eigenvalue weighted by molar-refractivity contribution is 5.82. The molecular formula is C18H25N3. The van der Waals surface area contributed by atoms with Crippen LogP contribution in [0.1, 0.15) is 56.1 Å². The van der Waals surface area contributed by atoms with Crippen molar-refractivity contribution in [2.75, 3.05) is 6.54 Å². The molecule has 1 heterocycles. The first-order valence-electron chi connectivity index (χ1n) is 8.49. The average molecular weight is 283 g/mol. The highest BCUT2D eigenvalue weighted by Crippen LogP contribution is 2.45. The Morgan fingerprint density at radius 1 is 1.10 bits per heavy atom. The predicted molar refractivity (Wildman–Crippen MR) is 86.3 cm³/mol. The molecule has 0 aromatic heterocycles. The topological polar surface area (TPSA) is 41.6 Å². The molecule has 0 bridgehead atoms. The molecule has 3 nitrogen and oxygen atoms in total. The zero-order valence-corrected chi connectivity index (χ0v) is 12.7. The number of rotatable bonds is 1. The van der Waals surface area contributed by atoms with E-state index in [1.807, 2.05) is 0 Å². The number of aliphatic imine (C=N–C) groups is 1. The maximum Gasteiger partial charge on any atom is 0.192 e. The van der Waals surface area contributed by atoms with Crippen LogP contribution >= 0.6 is 0 Å². The fourth-order valence-electron chi connectivity index (χ4n) is 4.76. The van der Waals surface area contributed by atoms with Crippen molar-refractivity contribution in [2.24, 2.45) is 10.7 Å². The molecule has 0 radical (unpaired) electrons. The van der Waals surface area contributed by atoms with Crippen molar-refractivity contribution in [1.29, 1.82) is 0 Å². The Hall–Kier alpha value is -1.51. The fraction of sp³-hybridized carbons (Fsp3) is 0.611. The van der Waals surface area contributed by atoms with Gasteiger partial charge in [-0.25, -0.2) is 0 Å². The molecular weight excluding hydrogens is 258 g/mol. The van der Waals surface area contributed by atoms with Crippen LogP contribution in [0.3, 0.4) is 0 Å². The van der Waals surface area contributed by atoms with E-state index in [-0.39, 0.29) is 5.54 Å². The zero-order valence-electron chi connectivity index (χ0n) is 12.7. The number of hydrogen-bond donors (Lipinski definition) is 1. The number of fused-ring (bicyclic) bond motifs is 2. The van der Waals surface area contributed by atoms with Crippen LogP contribution in [0.4, 0.5) is 0 Å². The van der Waals surface area contributed by atoms with Gasteiger partial charge < -0.3 is 10.6 Å². The second kappa shape index (κ2) is 5.04. The van der Waals surface area contributed by atoms with Crippen LogP contribution in [0.25, 0.3) is 0 Å². The highest BCUT2D eigenvalue weighted by atomic mass is 15.4. The SMILES string of the molecule is NC1=NCC2(CCCCc3ccccc32)N1C1CCCC1. The lowest BCUT2D eigenvalue weighted by Crippen LogP contribution is -2.53. The van der Waals surface area contributed by atoms with Gasteiger partial charge >= 0.3 is 0 Å². The first-order valence-corrected chi connectivity index (χ1v) is 8.49. The van der Waals surface area contributed by atoms with Crippen LogP contribution in [0.2, 0.25) is 0 Å². The largest absolute Gasteiger partial charge is 0.370 e. The average Bonchev–Trinajstić information content (AvgIpc) is 3.07. The first kappa shape index (κ1) is 13.2. The van der Waals surface area contributed by atoms with Gasteiger partial charge in [0.2, 0.25) is 0 Å². The zero-order chi connectivity index (χ0) is 14.3. The third-order valence-electron chi connectivity index (χ3n) is 5.71. The van der Waals surface area contributed by atoms with E-state index in [0.717, 1.165) is 12.5 Å². The van der Waals surface area contributed by atoms with E-state index in [2.05, 4.69) is 29.2 Å². The normalized spacial score (nSPS) is 29.5. The van der Waals surface area contributed by atoms with E-state index in [4.69, 9.17) is 10.7 Å². The highest BCUT2D eigenvalue weighted by Gasteiger charge is 2.48. The maximum absolute atomic E-state index is 6.35. The van der Waals surface area contributed by atoms with Gasteiger partial charge in [-0.15, -0.1) is 0 Å². The Bertz CT molecular complexity index is 559. The summed E-state index contributed by atoms with van der Waals surface area (Å²) in [6.07, 6.45) is 10.2. The molecule has 112 valence electrons. The molecule has 1 fully saturated rings. The van der Waals surface area contributed by atoms with E-state index < -0.39 is 0 Å². The van der Waals surface area contributed by atoms with Crippen molar-refractivity contribution < 1.29 is 0 Å². The summed E-state index contributed by atoms with van der Waals surface area (Å²) in [5.41, 5.74) is 9.41. The third kappa shape index (κ3) is 1.97. The quantitative estimate of drug-likeness (QED) is 0.860. The van der Waals surface area contributed by atoms with Crippen LogP contribution < -0.4 is 5.73 Å². The maximum atomic E-state index is 6.35. The summed E-state index contributed by atoms with van der Waals surface area (Å²) in [5, 5.41) is 0. The summed E-state index contributed by atoms with van der Waals surface area (Å²) < 4.78 is 0. The Morgan fingerprint density at radius 3 is 2.76 bits per heavy atom. The van der Waals surface area contributed by atoms with Gasteiger partial charge in [0.1, 0.15) is 0 Å². The number of hydrogen-bond acceptors (Lipinski definition) is 3. The lowest BCUT2D eigenvalue weighted by Gasteiger charge is -2.43. The molecule has 1 saturated carbocycles.